The number of nitro benzene ring substituents is 1. The number of rotatable bonds is 7. The van der Waals surface area contributed by atoms with Gasteiger partial charge in [-0.15, -0.1) is 11.3 Å². The van der Waals surface area contributed by atoms with Gasteiger partial charge in [-0.2, -0.15) is 0 Å². The van der Waals surface area contributed by atoms with E-state index in [0.29, 0.717) is 22.2 Å². The van der Waals surface area contributed by atoms with E-state index in [-0.39, 0.29) is 22.0 Å². The fraction of sp³-hybridized carbons (Fsp3) is 0.0357. The Bertz CT molecular complexity index is 1660. The molecule has 5 rings (SSSR count). The molecule has 1 unspecified atom stereocenters. The number of non-ortho nitro benzene ring substituents is 1. The van der Waals surface area contributed by atoms with Crippen molar-refractivity contribution in [2.24, 2.45) is 0 Å². The number of thiophene rings is 1. The van der Waals surface area contributed by atoms with Crippen LogP contribution in [-0.2, 0) is 9.53 Å². The van der Waals surface area contributed by atoms with E-state index in [9.17, 15) is 19.7 Å². The summed E-state index contributed by atoms with van der Waals surface area (Å²) in [6.07, 6.45) is -1.33. The van der Waals surface area contributed by atoms with Crippen molar-refractivity contribution in [1.29, 1.82) is 0 Å². The number of hydrogen-bond acceptors (Lipinski definition) is 7. The van der Waals surface area contributed by atoms with E-state index in [2.05, 4.69) is 10.3 Å². The normalized spacial score (nSPS) is 11.6. The van der Waals surface area contributed by atoms with Crippen LogP contribution in [0.25, 0.3) is 21.5 Å². The minimum Gasteiger partial charge on any atom is -0.444 e. The number of fused-ring (bicyclic) bond motifs is 1. The average molecular weight is 544 g/mol. The summed E-state index contributed by atoms with van der Waals surface area (Å²) in [5, 5.41) is 16.1. The lowest BCUT2D eigenvalue weighted by Crippen LogP contribution is -2.26. The van der Waals surface area contributed by atoms with Crippen LogP contribution >= 0.6 is 22.9 Å². The van der Waals surface area contributed by atoms with Gasteiger partial charge in [0.25, 0.3) is 11.6 Å². The van der Waals surface area contributed by atoms with Gasteiger partial charge < -0.3 is 10.1 Å². The summed E-state index contributed by atoms with van der Waals surface area (Å²) in [6, 6.07) is 24.9. The molecule has 1 amide bonds. The molecule has 2 heterocycles. The maximum Gasteiger partial charge on any atom is 0.340 e. The summed E-state index contributed by atoms with van der Waals surface area (Å²) < 4.78 is 5.81. The van der Waals surface area contributed by atoms with Crippen molar-refractivity contribution in [2.45, 2.75) is 6.10 Å². The van der Waals surface area contributed by atoms with Crippen molar-refractivity contribution in [2.75, 3.05) is 5.32 Å². The molecule has 3 aromatic carbocycles. The number of benzene rings is 3. The Morgan fingerprint density at radius 2 is 1.74 bits per heavy atom. The zero-order valence-corrected chi connectivity index (χ0v) is 21.1. The monoisotopic (exact) mass is 543 g/mol. The number of nitro groups is 1. The third-order valence-electron chi connectivity index (χ3n) is 5.70. The largest absolute Gasteiger partial charge is 0.444 e. The second kappa shape index (κ2) is 10.8. The van der Waals surface area contributed by atoms with Gasteiger partial charge in [-0.05, 0) is 29.6 Å². The molecule has 0 aliphatic carbocycles. The minimum atomic E-state index is -1.33. The summed E-state index contributed by atoms with van der Waals surface area (Å²) >= 11 is 7.66. The zero-order valence-electron chi connectivity index (χ0n) is 19.5. The Kier molecular flexibility index (Phi) is 7.12. The summed E-state index contributed by atoms with van der Waals surface area (Å²) in [6.45, 7) is 0. The van der Waals surface area contributed by atoms with E-state index < -0.39 is 22.9 Å². The molecule has 38 heavy (non-hydrogen) atoms. The number of carbonyl (C=O) groups is 2. The van der Waals surface area contributed by atoms with Crippen molar-refractivity contribution in [3.8, 4) is 10.6 Å². The zero-order chi connectivity index (χ0) is 26.6. The minimum absolute atomic E-state index is 0.0218. The highest BCUT2D eigenvalue weighted by Crippen LogP contribution is 2.31. The van der Waals surface area contributed by atoms with E-state index >= 15 is 0 Å². The first kappa shape index (κ1) is 25.1. The third kappa shape index (κ3) is 5.24. The highest BCUT2D eigenvalue weighted by Gasteiger charge is 2.28. The van der Waals surface area contributed by atoms with Gasteiger partial charge >= 0.3 is 5.97 Å². The quantitative estimate of drug-likeness (QED) is 0.133. The molecule has 10 heteroatoms. The molecule has 2 aromatic heterocycles. The predicted octanol–water partition coefficient (Wildman–Crippen LogP) is 7.06. The van der Waals surface area contributed by atoms with Crippen LogP contribution in [-0.4, -0.2) is 21.8 Å². The molecule has 0 saturated heterocycles. The van der Waals surface area contributed by atoms with Crippen LogP contribution < -0.4 is 5.32 Å². The molecule has 0 aliphatic rings. The number of halogens is 1. The number of anilines is 1. The van der Waals surface area contributed by atoms with Gasteiger partial charge in [0.2, 0.25) is 6.10 Å². The second-order valence-corrected chi connectivity index (χ2v) is 9.51. The Morgan fingerprint density at radius 1 is 0.974 bits per heavy atom. The summed E-state index contributed by atoms with van der Waals surface area (Å²) in [5.74, 6) is -1.38. The van der Waals surface area contributed by atoms with Crippen molar-refractivity contribution >= 4 is 57.1 Å². The molecule has 1 atom stereocenters. The first-order valence-electron chi connectivity index (χ1n) is 11.3. The third-order valence-corrected chi connectivity index (χ3v) is 6.90. The smallest absolute Gasteiger partial charge is 0.340 e. The van der Waals surface area contributed by atoms with E-state index in [0.717, 1.165) is 10.9 Å². The molecule has 0 aliphatic heterocycles. The fourth-order valence-electron chi connectivity index (χ4n) is 3.88. The van der Waals surface area contributed by atoms with Crippen LogP contribution in [0.2, 0.25) is 5.02 Å². The van der Waals surface area contributed by atoms with Crippen LogP contribution in [0.4, 0.5) is 11.4 Å². The lowest BCUT2D eigenvalue weighted by atomic mass is 10.1. The maximum atomic E-state index is 13.6. The lowest BCUT2D eigenvalue weighted by Gasteiger charge is -2.19. The number of carbonyl (C=O) groups excluding carboxylic acids is 2. The van der Waals surface area contributed by atoms with Crippen LogP contribution in [0.1, 0.15) is 22.0 Å². The van der Waals surface area contributed by atoms with Crippen molar-refractivity contribution in [1.82, 2.24) is 4.98 Å². The second-order valence-electron chi connectivity index (χ2n) is 8.16. The highest BCUT2D eigenvalue weighted by molar-refractivity contribution is 7.13. The number of esters is 1. The van der Waals surface area contributed by atoms with Gasteiger partial charge in [-0.3, -0.25) is 14.9 Å². The molecule has 0 bridgehead atoms. The number of amides is 1. The topological polar surface area (TPSA) is 111 Å². The van der Waals surface area contributed by atoms with E-state index in [1.807, 2.05) is 23.6 Å². The number of nitrogens with one attached hydrogen (secondary N) is 1. The molecule has 0 radical (unpaired) electrons. The molecule has 8 nitrogen and oxygen atoms in total. The predicted molar refractivity (Wildman–Crippen MR) is 146 cm³/mol. The molecule has 0 fully saturated rings. The SMILES string of the molecule is O=C(OC(C(=O)Nc1ccc([N+](=O)[O-])cc1Cl)c1ccccc1)c1cc(-c2cccs2)nc2ccccc12. The van der Waals surface area contributed by atoms with Gasteiger partial charge in [-0.25, -0.2) is 9.78 Å². The Hall–Kier alpha value is -4.60. The van der Waals surface area contributed by atoms with E-state index in [1.165, 1.54) is 23.5 Å². The summed E-state index contributed by atoms with van der Waals surface area (Å²) in [4.78, 5) is 43.0. The molecule has 0 saturated carbocycles. The van der Waals surface area contributed by atoms with Gasteiger partial charge in [0.15, 0.2) is 0 Å². The van der Waals surface area contributed by atoms with E-state index in [1.54, 1.807) is 54.6 Å². The number of para-hydroxylation sites is 1. The summed E-state index contributed by atoms with van der Waals surface area (Å²) in [5.41, 5.74) is 1.86. The highest BCUT2D eigenvalue weighted by atomic mass is 35.5. The Balaban J connectivity index is 1.50. The van der Waals surface area contributed by atoms with Gasteiger partial charge in [0, 0.05) is 23.1 Å². The molecular weight excluding hydrogens is 526 g/mol. The molecular formula is C28H18ClN3O5S. The number of pyridine rings is 1. The number of nitrogens with zero attached hydrogens (tertiary/aromatic N) is 2. The van der Waals surface area contributed by atoms with E-state index in [4.69, 9.17) is 16.3 Å². The number of ether oxygens (including phenoxy) is 1. The first-order chi connectivity index (χ1) is 18.4. The van der Waals surface area contributed by atoms with Crippen LogP contribution in [0.3, 0.4) is 0 Å². The standard InChI is InChI=1S/C28H18ClN3O5S/c29-21-15-18(32(35)36)12-13-23(21)31-27(33)26(17-7-2-1-3-8-17)37-28(34)20-16-24(25-11-6-14-38-25)30-22-10-5-4-9-19(20)22/h1-16,26H,(H,31,33). The maximum absolute atomic E-state index is 13.6. The summed E-state index contributed by atoms with van der Waals surface area (Å²) in [7, 11) is 0. The number of hydrogen-bond donors (Lipinski definition) is 1. The molecule has 1 N–H and O–H groups in total. The fourth-order valence-corrected chi connectivity index (χ4v) is 4.79. The Labute approximate surface area is 225 Å². The average Bonchev–Trinajstić information content (AvgIpc) is 3.47. The van der Waals surface area contributed by atoms with Crippen molar-refractivity contribution in [3.63, 3.8) is 0 Å². The van der Waals surface area contributed by atoms with Crippen LogP contribution in [0.15, 0.2) is 96.4 Å². The van der Waals surface area contributed by atoms with Crippen molar-refractivity contribution in [3.05, 3.63) is 123 Å². The molecule has 0 spiro atoms. The number of aromatic nitrogens is 1. The molecule has 188 valence electrons. The van der Waals surface area contributed by atoms with Gasteiger partial charge in [-0.1, -0.05) is 66.2 Å². The van der Waals surface area contributed by atoms with Crippen LogP contribution in [0, 0.1) is 10.1 Å². The Morgan fingerprint density at radius 3 is 2.45 bits per heavy atom. The van der Waals surface area contributed by atoms with Gasteiger partial charge in [0.1, 0.15) is 0 Å². The lowest BCUT2D eigenvalue weighted by molar-refractivity contribution is -0.384. The first-order valence-corrected chi connectivity index (χ1v) is 12.6. The molecule has 5 aromatic rings. The van der Waals surface area contributed by atoms with Crippen LogP contribution in [0.5, 0.6) is 0 Å². The van der Waals surface area contributed by atoms with Gasteiger partial charge in [0.05, 0.1) is 37.3 Å². The van der Waals surface area contributed by atoms with Crippen molar-refractivity contribution < 1.29 is 19.2 Å².